The molecular formula is C20H20N4OS2. The van der Waals surface area contributed by atoms with E-state index in [2.05, 4.69) is 28.5 Å². The standard InChI is InChI=1S/C20H20N4OS2/c1-13-12-15-8-6-7-11-17(15)24(13)18(25)14(2)26-20-23-22-19(27-20)21-16-9-4-3-5-10-16/h3-11,13-14H,12H2,1-2H3,(H,21,22)/t13-,14+/m0/s1. The molecule has 3 aromatic rings. The van der Waals surface area contributed by atoms with E-state index < -0.39 is 0 Å². The number of hydrogen-bond donors (Lipinski definition) is 1. The lowest BCUT2D eigenvalue weighted by Crippen LogP contribution is -2.40. The quantitative estimate of drug-likeness (QED) is 0.631. The number of rotatable bonds is 5. The predicted octanol–water partition coefficient (Wildman–Crippen LogP) is 4.74. The Labute approximate surface area is 166 Å². The predicted molar refractivity (Wildman–Crippen MR) is 112 cm³/mol. The summed E-state index contributed by atoms with van der Waals surface area (Å²) < 4.78 is 0.786. The molecule has 1 aromatic heterocycles. The van der Waals surface area contributed by atoms with Crippen LogP contribution in [0.25, 0.3) is 0 Å². The van der Waals surface area contributed by atoms with Crippen LogP contribution in [-0.4, -0.2) is 27.4 Å². The lowest BCUT2D eigenvalue weighted by molar-refractivity contribution is -0.118. The monoisotopic (exact) mass is 396 g/mol. The van der Waals surface area contributed by atoms with Gasteiger partial charge in [-0.15, -0.1) is 10.2 Å². The average molecular weight is 397 g/mol. The van der Waals surface area contributed by atoms with Gasteiger partial charge in [0, 0.05) is 17.4 Å². The number of carbonyl (C=O) groups excluding carboxylic acids is 1. The van der Waals surface area contributed by atoms with E-state index in [1.165, 1.54) is 28.7 Å². The van der Waals surface area contributed by atoms with Crippen LogP contribution in [0.3, 0.4) is 0 Å². The van der Waals surface area contributed by atoms with Crippen LogP contribution in [0.2, 0.25) is 0 Å². The van der Waals surface area contributed by atoms with Gasteiger partial charge in [-0.25, -0.2) is 0 Å². The van der Waals surface area contributed by atoms with Gasteiger partial charge in [0.2, 0.25) is 11.0 Å². The summed E-state index contributed by atoms with van der Waals surface area (Å²) in [4.78, 5) is 15.0. The first-order chi connectivity index (χ1) is 13.1. The van der Waals surface area contributed by atoms with Gasteiger partial charge in [-0.1, -0.05) is 59.5 Å². The normalized spacial score (nSPS) is 16.8. The maximum atomic E-state index is 13.1. The van der Waals surface area contributed by atoms with Crippen molar-refractivity contribution in [2.75, 3.05) is 10.2 Å². The second-order valence-electron chi connectivity index (χ2n) is 6.51. The number of amides is 1. The largest absolute Gasteiger partial charge is 0.330 e. The SMILES string of the molecule is C[C@@H](Sc1nnc(Nc2ccccc2)s1)C(=O)N1c2ccccc2C[C@@H]1C. The molecule has 1 aliphatic heterocycles. The van der Waals surface area contributed by atoms with Crippen molar-refractivity contribution in [2.45, 2.75) is 35.9 Å². The molecule has 1 N–H and O–H groups in total. The van der Waals surface area contributed by atoms with E-state index in [-0.39, 0.29) is 17.2 Å². The molecule has 5 nitrogen and oxygen atoms in total. The Morgan fingerprint density at radius 3 is 2.74 bits per heavy atom. The average Bonchev–Trinajstić information content (AvgIpc) is 3.24. The van der Waals surface area contributed by atoms with Crippen molar-refractivity contribution in [3.8, 4) is 0 Å². The van der Waals surface area contributed by atoms with Crippen molar-refractivity contribution in [2.24, 2.45) is 0 Å². The molecule has 0 bridgehead atoms. The molecule has 138 valence electrons. The lowest BCUT2D eigenvalue weighted by Gasteiger charge is -2.25. The second kappa shape index (κ2) is 7.70. The number of fused-ring (bicyclic) bond motifs is 1. The number of benzene rings is 2. The summed E-state index contributed by atoms with van der Waals surface area (Å²) in [6.45, 7) is 4.04. The fraction of sp³-hybridized carbons (Fsp3) is 0.250. The Kier molecular flexibility index (Phi) is 5.13. The van der Waals surface area contributed by atoms with Crippen molar-refractivity contribution in [3.05, 3.63) is 60.2 Å². The summed E-state index contributed by atoms with van der Waals surface area (Å²) in [5, 5.41) is 12.1. The number of para-hydroxylation sites is 2. The van der Waals surface area contributed by atoms with E-state index in [9.17, 15) is 4.79 Å². The van der Waals surface area contributed by atoms with Gasteiger partial charge in [0.25, 0.3) is 0 Å². The number of hydrogen-bond acceptors (Lipinski definition) is 6. The molecule has 1 aliphatic rings. The first-order valence-corrected chi connectivity index (χ1v) is 10.5. The Morgan fingerprint density at radius 1 is 1.19 bits per heavy atom. The zero-order valence-electron chi connectivity index (χ0n) is 15.1. The highest BCUT2D eigenvalue weighted by atomic mass is 32.2. The Balaban J connectivity index is 1.43. The molecule has 4 rings (SSSR count). The van der Waals surface area contributed by atoms with E-state index in [0.29, 0.717) is 0 Å². The topological polar surface area (TPSA) is 58.1 Å². The minimum atomic E-state index is -0.226. The second-order valence-corrected chi connectivity index (χ2v) is 9.08. The maximum Gasteiger partial charge on any atom is 0.240 e. The van der Waals surface area contributed by atoms with Crippen LogP contribution in [-0.2, 0) is 11.2 Å². The molecule has 2 aromatic carbocycles. The smallest absolute Gasteiger partial charge is 0.240 e. The van der Waals surface area contributed by atoms with Crippen molar-refractivity contribution in [1.29, 1.82) is 0 Å². The van der Waals surface area contributed by atoms with Gasteiger partial charge in [0.15, 0.2) is 4.34 Å². The molecule has 1 amide bonds. The molecular weight excluding hydrogens is 376 g/mol. The summed E-state index contributed by atoms with van der Waals surface area (Å²) >= 11 is 2.92. The van der Waals surface area contributed by atoms with Crippen LogP contribution in [0.5, 0.6) is 0 Å². The highest BCUT2D eigenvalue weighted by Gasteiger charge is 2.33. The van der Waals surface area contributed by atoms with Gasteiger partial charge in [-0.2, -0.15) is 0 Å². The molecule has 2 atom stereocenters. The number of thioether (sulfide) groups is 1. The number of anilines is 3. The molecule has 0 saturated carbocycles. The third-order valence-electron chi connectivity index (χ3n) is 4.50. The van der Waals surface area contributed by atoms with Gasteiger partial charge in [-0.3, -0.25) is 4.79 Å². The lowest BCUT2D eigenvalue weighted by atomic mass is 10.1. The molecule has 0 radical (unpaired) electrons. The number of aromatic nitrogens is 2. The van der Waals surface area contributed by atoms with Crippen LogP contribution in [0.15, 0.2) is 58.9 Å². The molecule has 0 fully saturated rings. The van der Waals surface area contributed by atoms with Crippen molar-refractivity contribution >= 4 is 45.5 Å². The van der Waals surface area contributed by atoms with Crippen molar-refractivity contribution in [1.82, 2.24) is 10.2 Å². The molecule has 7 heteroatoms. The van der Waals surface area contributed by atoms with Gasteiger partial charge in [-0.05, 0) is 44.0 Å². The molecule has 0 saturated heterocycles. The van der Waals surface area contributed by atoms with Crippen LogP contribution < -0.4 is 10.2 Å². The molecule has 27 heavy (non-hydrogen) atoms. The van der Waals surface area contributed by atoms with E-state index in [1.54, 1.807) is 0 Å². The Bertz CT molecular complexity index is 944. The van der Waals surface area contributed by atoms with E-state index in [4.69, 9.17) is 0 Å². The van der Waals surface area contributed by atoms with E-state index in [0.717, 1.165) is 27.3 Å². The van der Waals surface area contributed by atoms with Crippen LogP contribution in [0.1, 0.15) is 19.4 Å². The minimum Gasteiger partial charge on any atom is -0.330 e. The summed E-state index contributed by atoms with van der Waals surface area (Å²) in [7, 11) is 0. The molecule has 2 heterocycles. The maximum absolute atomic E-state index is 13.1. The van der Waals surface area contributed by atoms with Gasteiger partial charge < -0.3 is 10.2 Å². The van der Waals surface area contributed by atoms with Gasteiger partial charge in [0.05, 0.1) is 5.25 Å². The van der Waals surface area contributed by atoms with Crippen LogP contribution in [0.4, 0.5) is 16.5 Å². The summed E-state index contributed by atoms with van der Waals surface area (Å²) in [6, 6.07) is 18.2. The third-order valence-corrected chi connectivity index (χ3v) is 6.51. The van der Waals surface area contributed by atoms with E-state index in [1.807, 2.05) is 60.4 Å². The Hall–Kier alpha value is -2.38. The van der Waals surface area contributed by atoms with Crippen molar-refractivity contribution in [3.63, 3.8) is 0 Å². The molecule has 0 spiro atoms. The first-order valence-electron chi connectivity index (χ1n) is 8.85. The minimum absolute atomic E-state index is 0.116. The number of nitrogens with zero attached hydrogens (tertiary/aromatic N) is 3. The zero-order valence-corrected chi connectivity index (χ0v) is 16.8. The highest BCUT2D eigenvalue weighted by molar-refractivity contribution is 8.02. The molecule has 0 aliphatic carbocycles. The highest BCUT2D eigenvalue weighted by Crippen LogP contribution is 2.36. The van der Waals surface area contributed by atoms with Crippen molar-refractivity contribution < 1.29 is 4.79 Å². The zero-order chi connectivity index (χ0) is 18.8. The van der Waals surface area contributed by atoms with Gasteiger partial charge >= 0.3 is 0 Å². The summed E-state index contributed by atoms with van der Waals surface area (Å²) in [5.74, 6) is 0.116. The fourth-order valence-electron chi connectivity index (χ4n) is 3.25. The summed E-state index contributed by atoms with van der Waals surface area (Å²) in [5.41, 5.74) is 3.24. The fourth-order valence-corrected chi connectivity index (χ4v) is 5.22. The number of carbonyl (C=O) groups is 1. The number of nitrogens with one attached hydrogen (secondary N) is 1. The third kappa shape index (κ3) is 3.84. The van der Waals surface area contributed by atoms with Crippen LogP contribution >= 0.6 is 23.1 Å². The molecule has 0 unspecified atom stereocenters. The first kappa shape index (κ1) is 18.0. The summed E-state index contributed by atoms with van der Waals surface area (Å²) in [6.07, 6.45) is 0.906. The van der Waals surface area contributed by atoms with Crippen LogP contribution in [0, 0.1) is 0 Å². The van der Waals surface area contributed by atoms with E-state index >= 15 is 0 Å². The Morgan fingerprint density at radius 2 is 1.93 bits per heavy atom. The van der Waals surface area contributed by atoms with Gasteiger partial charge in [0.1, 0.15) is 0 Å².